The molecule has 1 aromatic rings. The molecule has 1 heterocycles. The van der Waals surface area contributed by atoms with Gasteiger partial charge in [-0.3, -0.25) is 4.90 Å². The van der Waals surface area contributed by atoms with Crippen molar-refractivity contribution in [1.82, 2.24) is 4.90 Å². The van der Waals surface area contributed by atoms with E-state index in [1.54, 1.807) is 0 Å². The van der Waals surface area contributed by atoms with E-state index in [4.69, 9.17) is 9.59 Å². The van der Waals surface area contributed by atoms with Crippen molar-refractivity contribution in [2.45, 2.75) is 39.3 Å². The molecule has 0 spiro atoms. The van der Waals surface area contributed by atoms with Crippen molar-refractivity contribution >= 4 is 6.15 Å². The number of nitrogens with zero attached hydrogens (tertiary/aromatic N) is 1. The SMILES string of the molecule is CC(C)(C)N1CCc2ccccc2C1.O=C=O. The van der Waals surface area contributed by atoms with Crippen LogP contribution < -0.4 is 0 Å². The summed E-state index contributed by atoms with van der Waals surface area (Å²) in [6.07, 6.45) is 1.45. The van der Waals surface area contributed by atoms with Gasteiger partial charge in [-0.1, -0.05) is 24.3 Å². The molecule has 0 saturated heterocycles. The van der Waals surface area contributed by atoms with E-state index in [0.717, 1.165) is 6.54 Å². The summed E-state index contributed by atoms with van der Waals surface area (Å²) in [5, 5.41) is 0. The quantitative estimate of drug-likeness (QED) is 0.689. The van der Waals surface area contributed by atoms with E-state index in [9.17, 15) is 0 Å². The molecule has 1 aliphatic heterocycles. The minimum absolute atomic E-state index is 0.250. The van der Waals surface area contributed by atoms with Crippen molar-refractivity contribution in [2.75, 3.05) is 6.54 Å². The molecule has 0 amide bonds. The Labute approximate surface area is 102 Å². The molecule has 1 aliphatic rings. The van der Waals surface area contributed by atoms with E-state index in [2.05, 4.69) is 49.9 Å². The minimum Gasteiger partial charge on any atom is -0.294 e. The fourth-order valence-corrected chi connectivity index (χ4v) is 2.07. The number of rotatable bonds is 0. The molecule has 0 saturated carbocycles. The third-order valence-electron chi connectivity index (χ3n) is 3.08. The van der Waals surface area contributed by atoms with E-state index >= 15 is 0 Å². The van der Waals surface area contributed by atoms with Gasteiger partial charge < -0.3 is 0 Å². The van der Waals surface area contributed by atoms with Crippen LogP contribution in [-0.4, -0.2) is 23.1 Å². The average Bonchev–Trinajstić information content (AvgIpc) is 2.28. The summed E-state index contributed by atoms with van der Waals surface area (Å²) in [5.74, 6) is 0. The average molecular weight is 233 g/mol. The highest BCUT2D eigenvalue weighted by Gasteiger charge is 2.24. The van der Waals surface area contributed by atoms with Crippen molar-refractivity contribution in [3.05, 3.63) is 35.4 Å². The Morgan fingerprint density at radius 2 is 1.65 bits per heavy atom. The van der Waals surface area contributed by atoms with E-state index in [0.29, 0.717) is 5.54 Å². The summed E-state index contributed by atoms with van der Waals surface area (Å²) in [4.78, 5) is 18.8. The first-order chi connectivity index (χ1) is 7.99. The molecule has 3 nitrogen and oxygen atoms in total. The Morgan fingerprint density at radius 3 is 2.18 bits per heavy atom. The molecular weight excluding hydrogens is 214 g/mol. The number of fused-ring (bicyclic) bond motifs is 1. The highest BCUT2D eigenvalue weighted by Crippen LogP contribution is 2.24. The van der Waals surface area contributed by atoms with Crippen LogP contribution in [0.5, 0.6) is 0 Å². The third kappa shape index (κ3) is 3.81. The van der Waals surface area contributed by atoms with Crippen molar-refractivity contribution in [2.24, 2.45) is 0 Å². The van der Waals surface area contributed by atoms with Gasteiger partial charge in [0.05, 0.1) is 0 Å². The molecule has 0 aromatic heterocycles. The molecule has 0 radical (unpaired) electrons. The van der Waals surface area contributed by atoms with Gasteiger partial charge in [0, 0.05) is 18.6 Å². The molecule has 0 aliphatic carbocycles. The highest BCUT2D eigenvalue weighted by molar-refractivity contribution is 5.29. The van der Waals surface area contributed by atoms with Crippen LogP contribution in [0, 0.1) is 0 Å². The Kier molecular flexibility index (Phi) is 4.62. The molecule has 92 valence electrons. The first kappa shape index (κ1) is 13.6. The smallest absolute Gasteiger partial charge is 0.294 e. The van der Waals surface area contributed by atoms with Gasteiger partial charge >= 0.3 is 6.15 Å². The van der Waals surface area contributed by atoms with Crippen LogP contribution in [0.1, 0.15) is 31.9 Å². The van der Waals surface area contributed by atoms with E-state index in [-0.39, 0.29) is 6.15 Å². The predicted octanol–water partition coefficient (Wildman–Crippen LogP) is 2.26. The molecule has 0 unspecified atom stereocenters. The largest absolute Gasteiger partial charge is 0.373 e. The number of carbonyl (C=O) groups excluding carboxylic acids is 2. The molecule has 0 bridgehead atoms. The van der Waals surface area contributed by atoms with Crippen LogP contribution in [0.4, 0.5) is 0 Å². The second-order valence-electron chi connectivity index (χ2n) is 5.19. The van der Waals surface area contributed by atoms with Crippen LogP contribution >= 0.6 is 0 Å². The third-order valence-corrected chi connectivity index (χ3v) is 3.08. The molecule has 2 rings (SSSR count). The number of hydrogen-bond acceptors (Lipinski definition) is 3. The summed E-state index contributed by atoms with van der Waals surface area (Å²) in [7, 11) is 0. The second-order valence-corrected chi connectivity index (χ2v) is 5.19. The maximum atomic E-state index is 8.12. The molecule has 0 fully saturated rings. The monoisotopic (exact) mass is 233 g/mol. The summed E-state index contributed by atoms with van der Waals surface area (Å²) in [6.45, 7) is 9.18. The Morgan fingerprint density at radius 1 is 1.12 bits per heavy atom. The first-order valence-corrected chi connectivity index (χ1v) is 5.80. The Balaban J connectivity index is 0.000000437. The summed E-state index contributed by atoms with van der Waals surface area (Å²) in [5.41, 5.74) is 3.34. The molecule has 3 heteroatoms. The molecule has 0 atom stereocenters. The molecule has 0 N–H and O–H groups in total. The van der Waals surface area contributed by atoms with Crippen LogP contribution in [0.2, 0.25) is 0 Å². The number of benzene rings is 1. The lowest BCUT2D eigenvalue weighted by Crippen LogP contribution is -2.44. The summed E-state index contributed by atoms with van der Waals surface area (Å²) < 4.78 is 0. The van der Waals surface area contributed by atoms with Gasteiger partial charge in [-0.05, 0) is 38.3 Å². The van der Waals surface area contributed by atoms with E-state index in [1.807, 2.05) is 0 Å². The topological polar surface area (TPSA) is 37.4 Å². The normalized spacial score (nSPS) is 15.2. The highest BCUT2D eigenvalue weighted by atomic mass is 16.2. The standard InChI is InChI=1S/C13H19N.CO2/c1-13(2,3)14-9-8-11-6-4-5-7-12(11)10-14;2-1-3/h4-7H,8-10H2,1-3H3;. The Bertz CT molecular complexity index is 401. The summed E-state index contributed by atoms with van der Waals surface area (Å²) >= 11 is 0. The van der Waals surface area contributed by atoms with Gasteiger partial charge in [-0.2, -0.15) is 9.59 Å². The van der Waals surface area contributed by atoms with Crippen molar-refractivity contribution in [3.63, 3.8) is 0 Å². The van der Waals surface area contributed by atoms with Crippen LogP contribution in [0.25, 0.3) is 0 Å². The molecule has 1 aromatic carbocycles. The van der Waals surface area contributed by atoms with Gasteiger partial charge in [-0.25, -0.2) is 0 Å². The lowest BCUT2D eigenvalue weighted by Gasteiger charge is -2.39. The fourth-order valence-electron chi connectivity index (χ4n) is 2.07. The van der Waals surface area contributed by atoms with Crippen LogP contribution in [0.15, 0.2) is 24.3 Å². The Hall–Kier alpha value is -1.44. The van der Waals surface area contributed by atoms with Crippen LogP contribution in [-0.2, 0) is 22.6 Å². The lowest BCUT2D eigenvalue weighted by molar-refractivity contribution is -0.191. The fraction of sp³-hybridized carbons (Fsp3) is 0.500. The maximum absolute atomic E-state index is 8.12. The van der Waals surface area contributed by atoms with Gasteiger partial charge in [0.25, 0.3) is 0 Å². The maximum Gasteiger partial charge on any atom is 0.373 e. The van der Waals surface area contributed by atoms with Gasteiger partial charge in [0.1, 0.15) is 0 Å². The minimum atomic E-state index is 0.250. The van der Waals surface area contributed by atoms with E-state index in [1.165, 1.54) is 24.1 Å². The van der Waals surface area contributed by atoms with Crippen molar-refractivity contribution < 1.29 is 9.59 Å². The summed E-state index contributed by atoms with van der Waals surface area (Å²) in [6, 6.07) is 8.80. The second kappa shape index (κ2) is 5.76. The van der Waals surface area contributed by atoms with Gasteiger partial charge in [0.2, 0.25) is 0 Å². The zero-order valence-electron chi connectivity index (χ0n) is 10.7. The van der Waals surface area contributed by atoms with Gasteiger partial charge in [-0.15, -0.1) is 0 Å². The van der Waals surface area contributed by atoms with E-state index < -0.39 is 0 Å². The van der Waals surface area contributed by atoms with Crippen LogP contribution in [0.3, 0.4) is 0 Å². The first-order valence-electron chi connectivity index (χ1n) is 5.80. The molecule has 17 heavy (non-hydrogen) atoms. The lowest BCUT2D eigenvalue weighted by atomic mass is 9.95. The number of hydrogen-bond donors (Lipinski definition) is 0. The predicted molar refractivity (Wildman–Crippen MR) is 65.3 cm³/mol. The zero-order valence-corrected chi connectivity index (χ0v) is 10.7. The zero-order chi connectivity index (χ0) is 12.9. The van der Waals surface area contributed by atoms with Crippen molar-refractivity contribution in [3.8, 4) is 0 Å². The van der Waals surface area contributed by atoms with Crippen molar-refractivity contribution in [1.29, 1.82) is 0 Å². The van der Waals surface area contributed by atoms with Gasteiger partial charge in [0.15, 0.2) is 0 Å². The molecular formula is C14H19NO2.